The van der Waals surface area contributed by atoms with E-state index in [1.54, 1.807) is 18.2 Å². The van der Waals surface area contributed by atoms with Gasteiger partial charge in [-0.25, -0.2) is 13.6 Å². The molecule has 0 amide bonds. The Morgan fingerprint density at radius 1 is 1.33 bits per heavy atom. The lowest BCUT2D eigenvalue weighted by Crippen LogP contribution is -2.15. The molecule has 0 fully saturated rings. The number of nitrogen functional groups attached to an aromatic ring is 1. The summed E-state index contributed by atoms with van der Waals surface area (Å²) in [5.41, 5.74) is 6.88. The van der Waals surface area contributed by atoms with Crippen LogP contribution in [0.15, 0.2) is 39.9 Å². The third-order valence-electron chi connectivity index (χ3n) is 2.26. The molecular formula is C10H12N4O3S. The molecule has 0 saturated carbocycles. The van der Waals surface area contributed by atoms with Gasteiger partial charge < -0.3 is 15.6 Å². The van der Waals surface area contributed by atoms with Gasteiger partial charge in [-0.3, -0.25) is 0 Å². The lowest BCUT2D eigenvalue weighted by Gasteiger charge is -2.10. The van der Waals surface area contributed by atoms with Gasteiger partial charge in [0.05, 0.1) is 12.2 Å². The predicted molar refractivity (Wildman–Crippen MR) is 66.1 cm³/mol. The molecule has 5 N–H and O–H groups in total. The largest absolute Gasteiger partial charge is 0.399 e. The zero-order valence-electron chi connectivity index (χ0n) is 9.33. The fourth-order valence-corrected chi connectivity index (χ4v) is 2.18. The Hall–Kier alpha value is -2.06. The lowest BCUT2D eigenvalue weighted by atomic mass is 10.3. The van der Waals surface area contributed by atoms with E-state index in [1.165, 1.54) is 12.3 Å². The number of sulfonamides is 1. The second kappa shape index (κ2) is 4.67. The van der Waals surface area contributed by atoms with Crippen LogP contribution in [0.5, 0.6) is 0 Å². The highest BCUT2D eigenvalue weighted by Crippen LogP contribution is 2.23. The Morgan fingerprint density at radius 3 is 2.72 bits per heavy atom. The summed E-state index contributed by atoms with van der Waals surface area (Å²) in [6.07, 6.45) is 1.43. The Bertz CT molecular complexity index is 637. The molecule has 0 saturated heterocycles. The van der Waals surface area contributed by atoms with Gasteiger partial charge in [-0.2, -0.15) is 0 Å². The number of benzene rings is 1. The Morgan fingerprint density at radius 2 is 2.11 bits per heavy atom. The van der Waals surface area contributed by atoms with Gasteiger partial charge in [-0.05, 0) is 18.2 Å². The van der Waals surface area contributed by atoms with Crippen LogP contribution in [0, 0.1) is 0 Å². The van der Waals surface area contributed by atoms with Gasteiger partial charge in [-0.15, -0.1) is 0 Å². The summed E-state index contributed by atoms with van der Waals surface area (Å²) >= 11 is 0. The first-order chi connectivity index (χ1) is 8.47. The molecule has 1 heterocycles. The minimum atomic E-state index is -3.83. The molecule has 96 valence electrons. The number of nitrogens with one attached hydrogen (secondary N) is 1. The highest BCUT2D eigenvalue weighted by molar-refractivity contribution is 7.89. The summed E-state index contributed by atoms with van der Waals surface area (Å²) in [4.78, 5) is -0.0500. The van der Waals surface area contributed by atoms with Gasteiger partial charge in [0.25, 0.3) is 0 Å². The molecule has 1 aromatic heterocycles. The van der Waals surface area contributed by atoms with E-state index >= 15 is 0 Å². The second-order valence-electron chi connectivity index (χ2n) is 3.64. The third-order valence-corrected chi connectivity index (χ3v) is 3.21. The van der Waals surface area contributed by atoms with Crippen LogP contribution in [0.3, 0.4) is 0 Å². The van der Waals surface area contributed by atoms with Gasteiger partial charge in [0.1, 0.15) is 16.9 Å². The Balaban J connectivity index is 2.27. The minimum absolute atomic E-state index is 0.0500. The summed E-state index contributed by atoms with van der Waals surface area (Å²) in [5, 5.41) is 11.7. The first kappa shape index (κ1) is 12.4. The Labute approximate surface area is 104 Å². The molecule has 8 heteroatoms. The van der Waals surface area contributed by atoms with Gasteiger partial charge in [-0.1, -0.05) is 5.16 Å². The van der Waals surface area contributed by atoms with Gasteiger partial charge >= 0.3 is 0 Å². The van der Waals surface area contributed by atoms with Crippen LogP contribution in [0.4, 0.5) is 11.4 Å². The normalized spacial score (nSPS) is 11.4. The van der Waals surface area contributed by atoms with Gasteiger partial charge in [0, 0.05) is 11.8 Å². The summed E-state index contributed by atoms with van der Waals surface area (Å²) in [6, 6.07) is 6.11. The molecule has 1 aromatic carbocycles. The fourth-order valence-electron chi connectivity index (χ4n) is 1.43. The van der Waals surface area contributed by atoms with Crippen molar-refractivity contribution in [2.75, 3.05) is 11.1 Å². The van der Waals surface area contributed by atoms with Crippen molar-refractivity contribution in [2.24, 2.45) is 5.14 Å². The standard InChI is InChI=1S/C10H12N4O3S/c11-7-1-2-9(10(5-7)18(12,15)16)13-6-8-3-4-17-14-8/h1-5,13H,6,11H2,(H2,12,15,16). The quantitative estimate of drug-likeness (QED) is 0.694. The lowest BCUT2D eigenvalue weighted by molar-refractivity contribution is 0.412. The number of nitrogens with two attached hydrogens (primary N) is 2. The van der Waals surface area contributed by atoms with E-state index in [0.29, 0.717) is 23.6 Å². The van der Waals surface area contributed by atoms with Crippen molar-refractivity contribution in [2.45, 2.75) is 11.4 Å². The highest BCUT2D eigenvalue weighted by Gasteiger charge is 2.14. The zero-order chi connectivity index (χ0) is 13.2. The van der Waals surface area contributed by atoms with Crippen LogP contribution in [-0.4, -0.2) is 13.6 Å². The fraction of sp³-hybridized carbons (Fsp3) is 0.100. The summed E-state index contributed by atoms with van der Waals surface area (Å²) in [7, 11) is -3.83. The number of aromatic nitrogens is 1. The average Bonchev–Trinajstić information content (AvgIpc) is 2.79. The predicted octanol–water partition coefficient (Wildman–Crippen LogP) is 0.516. The number of anilines is 2. The number of rotatable bonds is 4. The molecular weight excluding hydrogens is 256 g/mol. The second-order valence-corrected chi connectivity index (χ2v) is 5.17. The van der Waals surface area contributed by atoms with E-state index in [4.69, 9.17) is 10.9 Å². The van der Waals surface area contributed by atoms with Crippen molar-refractivity contribution in [1.82, 2.24) is 5.16 Å². The topological polar surface area (TPSA) is 124 Å². The molecule has 0 aliphatic rings. The molecule has 0 radical (unpaired) electrons. The van der Waals surface area contributed by atoms with Gasteiger partial charge in [0.15, 0.2) is 0 Å². The number of hydrogen-bond acceptors (Lipinski definition) is 6. The number of hydrogen-bond donors (Lipinski definition) is 3. The monoisotopic (exact) mass is 268 g/mol. The maximum Gasteiger partial charge on any atom is 0.240 e. The number of primary sulfonamides is 1. The van der Waals surface area contributed by atoms with Crippen LogP contribution >= 0.6 is 0 Å². The molecule has 18 heavy (non-hydrogen) atoms. The SMILES string of the molecule is Nc1ccc(NCc2ccon2)c(S(N)(=O)=O)c1. The van der Waals surface area contributed by atoms with Crippen LogP contribution < -0.4 is 16.2 Å². The summed E-state index contributed by atoms with van der Waals surface area (Å²) in [6.45, 7) is 0.322. The van der Waals surface area contributed by atoms with Gasteiger partial charge in [0.2, 0.25) is 10.0 Å². The molecule has 0 unspecified atom stereocenters. The smallest absolute Gasteiger partial charge is 0.240 e. The van der Waals surface area contributed by atoms with E-state index in [1.807, 2.05) is 0 Å². The van der Waals surface area contributed by atoms with Crippen molar-refractivity contribution in [3.8, 4) is 0 Å². The molecule has 7 nitrogen and oxygen atoms in total. The van der Waals surface area contributed by atoms with E-state index in [2.05, 4.69) is 15.0 Å². The van der Waals surface area contributed by atoms with Crippen LogP contribution in [-0.2, 0) is 16.6 Å². The summed E-state index contributed by atoms with van der Waals surface area (Å²) in [5.74, 6) is 0. The van der Waals surface area contributed by atoms with Crippen molar-refractivity contribution in [3.05, 3.63) is 36.2 Å². The maximum atomic E-state index is 11.4. The Kier molecular flexibility index (Phi) is 3.21. The third kappa shape index (κ3) is 2.79. The van der Waals surface area contributed by atoms with Crippen molar-refractivity contribution in [3.63, 3.8) is 0 Å². The average molecular weight is 268 g/mol. The van der Waals surface area contributed by atoms with Crippen LogP contribution in [0.1, 0.15) is 5.69 Å². The van der Waals surface area contributed by atoms with Crippen molar-refractivity contribution in [1.29, 1.82) is 0 Å². The van der Waals surface area contributed by atoms with Crippen molar-refractivity contribution >= 4 is 21.4 Å². The zero-order valence-corrected chi connectivity index (χ0v) is 10.1. The summed E-state index contributed by atoms with van der Waals surface area (Å²) < 4.78 is 27.5. The molecule has 0 aliphatic carbocycles. The van der Waals surface area contributed by atoms with E-state index in [0.717, 1.165) is 0 Å². The molecule has 2 rings (SSSR count). The molecule has 0 atom stereocenters. The van der Waals surface area contributed by atoms with Crippen LogP contribution in [0.25, 0.3) is 0 Å². The van der Waals surface area contributed by atoms with E-state index in [9.17, 15) is 8.42 Å². The molecule has 0 spiro atoms. The highest BCUT2D eigenvalue weighted by atomic mass is 32.2. The van der Waals surface area contributed by atoms with Crippen LogP contribution in [0.2, 0.25) is 0 Å². The minimum Gasteiger partial charge on any atom is -0.399 e. The molecule has 2 aromatic rings. The molecule has 0 bridgehead atoms. The maximum absolute atomic E-state index is 11.4. The van der Waals surface area contributed by atoms with E-state index in [-0.39, 0.29) is 4.90 Å². The number of nitrogens with zero attached hydrogens (tertiary/aromatic N) is 1. The first-order valence-corrected chi connectivity index (χ1v) is 6.57. The van der Waals surface area contributed by atoms with Crippen molar-refractivity contribution < 1.29 is 12.9 Å². The molecule has 0 aliphatic heterocycles. The van der Waals surface area contributed by atoms with E-state index < -0.39 is 10.0 Å². The first-order valence-electron chi connectivity index (χ1n) is 5.02.